The van der Waals surface area contributed by atoms with Crippen LogP contribution < -0.4 is 0 Å². The van der Waals surface area contributed by atoms with Crippen LogP contribution in [0.3, 0.4) is 0 Å². The van der Waals surface area contributed by atoms with E-state index in [2.05, 4.69) is 36.4 Å². The molecule has 4 rings (SSSR count). The molecule has 0 spiro atoms. The first-order valence-corrected chi connectivity index (χ1v) is 6.19. The number of hydrogen-bond donors (Lipinski definition) is 0. The van der Waals surface area contributed by atoms with Crippen molar-refractivity contribution in [2.24, 2.45) is 4.99 Å². The Morgan fingerprint density at radius 3 is 2.50 bits per heavy atom. The standard InChI is InChI=1S/C15H14N2O/c1-17(2)15-16-13-10-7-3-5-9-6-4-8-11(12(9)10)14(13)18-15/h3-8,13-14H,1-2H3/t13-,14+/m0/s1. The van der Waals surface area contributed by atoms with Gasteiger partial charge in [-0.25, -0.2) is 4.99 Å². The van der Waals surface area contributed by atoms with Crippen LogP contribution in [-0.2, 0) is 4.74 Å². The second-order valence-electron chi connectivity index (χ2n) is 5.08. The van der Waals surface area contributed by atoms with Gasteiger partial charge in [0.2, 0.25) is 0 Å². The molecule has 0 saturated heterocycles. The van der Waals surface area contributed by atoms with Crippen LogP contribution in [0.25, 0.3) is 10.8 Å². The number of hydrogen-bond acceptors (Lipinski definition) is 3. The van der Waals surface area contributed by atoms with Crippen LogP contribution in [0, 0.1) is 0 Å². The Kier molecular flexibility index (Phi) is 1.80. The highest BCUT2D eigenvalue weighted by atomic mass is 16.5. The van der Waals surface area contributed by atoms with Gasteiger partial charge in [-0.3, -0.25) is 0 Å². The van der Waals surface area contributed by atoms with Gasteiger partial charge in [0, 0.05) is 19.7 Å². The monoisotopic (exact) mass is 238 g/mol. The van der Waals surface area contributed by atoms with E-state index in [0.29, 0.717) is 0 Å². The molecule has 0 saturated carbocycles. The Hall–Kier alpha value is -2.03. The van der Waals surface area contributed by atoms with E-state index in [1.54, 1.807) is 0 Å². The molecule has 3 heteroatoms. The summed E-state index contributed by atoms with van der Waals surface area (Å²) in [4.78, 5) is 6.64. The van der Waals surface area contributed by atoms with Gasteiger partial charge in [-0.2, -0.15) is 0 Å². The number of fused-ring (bicyclic) bond motifs is 3. The Bertz CT molecular complexity index is 670. The van der Waals surface area contributed by atoms with Crippen molar-refractivity contribution in [1.29, 1.82) is 0 Å². The Labute approximate surface area is 106 Å². The molecule has 0 amide bonds. The van der Waals surface area contributed by atoms with E-state index >= 15 is 0 Å². The molecule has 0 fully saturated rings. The minimum atomic E-state index is 0.0588. The predicted octanol–water partition coefficient (Wildman–Crippen LogP) is 2.88. The van der Waals surface area contributed by atoms with Gasteiger partial charge in [0.05, 0.1) is 0 Å². The average molecular weight is 238 g/mol. The van der Waals surface area contributed by atoms with Crippen molar-refractivity contribution in [3.05, 3.63) is 47.5 Å². The number of amidine groups is 1. The van der Waals surface area contributed by atoms with Crippen molar-refractivity contribution < 1.29 is 4.74 Å². The molecule has 0 radical (unpaired) electrons. The lowest BCUT2D eigenvalue weighted by Crippen LogP contribution is -2.22. The zero-order valence-corrected chi connectivity index (χ0v) is 10.4. The highest BCUT2D eigenvalue weighted by molar-refractivity contribution is 5.93. The Balaban J connectivity index is 1.96. The van der Waals surface area contributed by atoms with Crippen LogP contribution in [0.1, 0.15) is 23.3 Å². The van der Waals surface area contributed by atoms with Gasteiger partial charge in [0.25, 0.3) is 6.02 Å². The van der Waals surface area contributed by atoms with Crippen molar-refractivity contribution >= 4 is 16.8 Å². The number of ether oxygens (including phenoxy) is 1. The van der Waals surface area contributed by atoms with E-state index in [1.807, 2.05) is 19.0 Å². The van der Waals surface area contributed by atoms with Crippen molar-refractivity contribution in [3.8, 4) is 0 Å². The van der Waals surface area contributed by atoms with E-state index in [1.165, 1.54) is 21.9 Å². The molecule has 0 bridgehead atoms. The van der Waals surface area contributed by atoms with Gasteiger partial charge in [-0.05, 0) is 16.3 Å². The van der Waals surface area contributed by atoms with Crippen molar-refractivity contribution in [1.82, 2.24) is 4.90 Å². The van der Waals surface area contributed by atoms with Crippen LogP contribution in [0.15, 0.2) is 41.4 Å². The van der Waals surface area contributed by atoms with Crippen LogP contribution in [0.2, 0.25) is 0 Å². The molecule has 0 unspecified atom stereocenters. The normalized spacial score (nSPS) is 23.8. The minimum Gasteiger partial charge on any atom is -0.454 e. The first-order valence-electron chi connectivity index (χ1n) is 6.19. The van der Waals surface area contributed by atoms with Crippen molar-refractivity contribution in [2.75, 3.05) is 14.1 Å². The van der Waals surface area contributed by atoms with E-state index in [-0.39, 0.29) is 12.1 Å². The van der Waals surface area contributed by atoms with Gasteiger partial charge in [0.15, 0.2) is 6.10 Å². The maximum absolute atomic E-state index is 6.00. The topological polar surface area (TPSA) is 24.8 Å². The average Bonchev–Trinajstić information content (AvgIpc) is 2.92. The fraction of sp³-hybridized carbons (Fsp3) is 0.267. The lowest BCUT2D eigenvalue weighted by Gasteiger charge is -2.15. The lowest BCUT2D eigenvalue weighted by atomic mass is 10.0. The minimum absolute atomic E-state index is 0.0588. The summed E-state index contributed by atoms with van der Waals surface area (Å²) in [7, 11) is 3.93. The smallest absolute Gasteiger partial charge is 0.288 e. The van der Waals surface area contributed by atoms with E-state index in [0.717, 1.165) is 6.02 Å². The van der Waals surface area contributed by atoms with Gasteiger partial charge in [0.1, 0.15) is 6.04 Å². The van der Waals surface area contributed by atoms with Crippen LogP contribution in [0.5, 0.6) is 0 Å². The first kappa shape index (κ1) is 9.95. The molecule has 18 heavy (non-hydrogen) atoms. The maximum Gasteiger partial charge on any atom is 0.288 e. The fourth-order valence-electron chi connectivity index (χ4n) is 2.97. The molecular formula is C15H14N2O. The quantitative estimate of drug-likeness (QED) is 0.705. The molecule has 0 N–H and O–H groups in total. The number of benzene rings is 2. The molecule has 1 aliphatic carbocycles. The fourth-order valence-corrected chi connectivity index (χ4v) is 2.97. The summed E-state index contributed by atoms with van der Waals surface area (Å²) in [6.07, 6.45) is 0.0588. The highest BCUT2D eigenvalue weighted by Gasteiger charge is 2.41. The molecule has 2 aromatic rings. The van der Waals surface area contributed by atoms with Gasteiger partial charge < -0.3 is 9.64 Å². The van der Waals surface area contributed by atoms with Gasteiger partial charge in [-0.1, -0.05) is 36.4 Å². The predicted molar refractivity (Wildman–Crippen MR) is 71.6 cm³/mol. The molecular weight excluding hydrogens is 224 g/mol. The number of rotatable bonds is 0. The molecule has 3 nitrogen and oxygen atoms in total. The summed E-state index contributed by atoms with van der Waals surface area (Å²) in [6.45, 7) is 0. The number of nitrogens with zero attached hydrogens (tertiary/aromatic N) is 2. The number of aliphatic imine (C=N–C) groups is 1. The molecule has 2 atom stereocenters. The molecule has 1 aliphatic heterocycles. The Morgan fingerprint density at radius 1 is 1.06 bits per heavy atom. The molecule has 1 heterocycles. The summed E-state index contributed by atoms with van der Waals surface area (Å²) >= 11 is 0. The van der Waals surface area contributed by atoms with Crippen LogP contribution in [-0.4, -0.2) is 25.0 Å². The highest BCUT2D eigenvalue weighted by Crippen LogP contribution is 2.50. The van der Waals surface area contributed by atoms with Crippen LogP contribution in [0.4, 0.5) is 0 Å². The maximum atomic E-state index is 6.00. The molecule has 0 aromatic heterocycles. The Morgan fingerprint density at radius 2 is 1.78 bits per heavy atom. The molecule has 90 valence electrons. The second kappa shape index (κ2) is 3.25. The molecule has 2 aromatic carbocycles. The van der Waals surface area contributed by atoms with Crippen LogP contribution >= 0.6 is 0 Å². The lowest BCUT2D eigenvalue weighted by molar-refractivity contribution is 0.180. The summed E-state index contributed by atoms with van der Waals surface area (Å²) < 4.78 is 6.00. The SMILES string of the molecule is CN(C)C1=N[C@H]2c3cccc4cccc(c34)[C@H]2O1. The van der Waals surface area contributed by atoms with Gasteiger partial charge >= 0.3 is 0 Å². The third kappa shape index (κ3) is 1.11. The summed E-state index contributed by atoms with van der Waals surface area (Å²) in [6, 6.07) is 13.7. The third-order valence-electron chi connectivity index (χ3n) is 3.75. The van der Waals surface area contributed by atoms with Crippen molar-refractivity contribution in [3.63, 3.8) is 0 Å². The zero-order chi connectivity index (χ0) is 12.3. The van der Waals surface area contributed by atoms with Crippen molar-refractivity contribution in [2.45, 2.75) is 12.1 Å². The van der Waals surface area contributed by atoms with Gasteiger partial charge in [-0.15, -0.1) is 0 Å². The third-order valence-corrected chi connectivity index (χ3v) is 3.75. The first-order chi connectivity index (χ1) is 8.75. The summed E-state index contributed by atoms with van der Waals surface area (Å²) in [5.74, 6) is 0. The van der Waals surface area contributed by atoms with E-state index in [4.69, 9.17) is 9.73 Å². The summed E-state index contributed by atoms with van der Waals surface area (Å²) in [5.41, 5.74) is 2.57. The largest absolute Gasteiger partial charge is 0.454 e. The van der Waals surface area contributed by atoms with E-state index in [9.17, 15) is 0 Å². The van der Waals surface area contributed by atoms with E-state index < -0.39 is 0 Å². The zero-order valence-electron chi connectivity index (χ0n) is 10.4. The molecule has 2 aliphatic rings. The summed E-state index contributed by atoms with van der Waals surface area (Å²) in [5, 5.41) is 2.61. The second-order valence-corrected chi connectivity index (χ2v) is 5.08.